The lowest BCUT2D eigenvalue weighted by molar-refractivity contribution is 0.384. The number of imidazole rings is 1. The lowest BCUT2D eigenvalue weighted by Crippen LogP contribution is -1.81. The highest BCUT2D eigenvalue weighted by atomic mass is 16.5. The molecule has 0 aliphatic heterocycles. The van der Waals surface area contributed by atoms with Gasteiger partial charge in [0.1, 0.15) is 0 Å². The predicted octanol–water partition coefficient (Wildman–Crippen LogP) is 0.418. The number of aromatic nitrogens is 2. The Kier molecular flexibility index (Phi) is 0.978. The summed E-state index contributed by atoms with van der Waals surface area (Å²) in [6.45, 7) is 0. The Morgan fingerprint density at radius 2 is 2.71 bits per heavy atom. The monoisotopic (exact) mass is 98.0 g/mol. The lowest BCUT2D eigenvalue weighted by Gasteiger charge is -1.85. The Morgan fingerprint density at radius 3 is 3.00 bits per heavy atom. The fourth-order valence-corrected chi connectivity index (χ4v) is 0.362. The Morgan fingerprint density at radius 1 is 1.86 bits per heavy atom. The van der Waals surface area contributed by atoms with E-state index in [1.807, 2.05) is 0 Å². The Bertz CT molecular complexity index is 124. The molecule has 0 unspecified atom stereocenters. The van der Waals surface area contributed by atoms with Gasteiger partial charge in [0.05, 0.1) is 7.11 Å². The van der Waals surface area contributed by atoms with Crippen molar-refractivity contribution >= 4 is 0 Å². The van der Waals surface area contributed by atoms with Crippen molar-refractivity contribution in [1.82, 2.24) is 9.97 Å². The second kappa shape index (κ2) is 1.64. The summed E-state index contributed by atoms with van der Waals surface area (Å²) in [4.78, 5) is 6.51. The van der Waals surface area contributed by atoms with Gasteiger partial charge in [-0.2, -0.15) is 0 Å². The summed E-state index contributed by atoms with van der Waals surface area (Å²) < 4.78 is 4.69. The number of nitrogens with one attached hydrogen (secondary N) is 1. The molecule has 0 spiro atoms. The van der Waals surface area contributed by atoms with Gasteiger partial charge in [-0.15, -0.1) is 0 Å². The van der Waals surface area contributed by atoms with Crippen molar-refractivity contribution in [2.45, 2.75) is 0 Å². The van der Waals surface area contributed by atoms with E-state index in [1.165, 1.54) is 0 Å². The van der Waals surface area contributed by atoms with E-state index in [0.717, 1.165) is 0 Å². The van der Waals surface area contributed by atoms with Crippen molar-refractivity contribution < 1.29 is 4.74 Å². The van der Waals surface area contributed by atoms with Crippen molar-refractivity contribution in [2.24, 2.45) is 0 Å². The maximum Gasteiger partial charge on any atom is 0.293 e. The van der Waals surface area contributed by atoms with Crippen LogP contribution in [0.1, 0.15) is 0 Å². The molecule has 0 amide bonds. The standard InChI is InChI=1S/C4H6N2O/c1-7-4-5-2-3-6-4/h2-3H,1H3,(H,5,6). The van der Waals surface area contributed by atoms with Crippen LogP contribution < -0.4 is 4.74 Å². The summed E-state index contributed by atoms with van der Waals surface area (Å²) >= 11 is 0. The summed E-state index contributed by atoms with van der Waals surface area (Å²) in [5, 5.41) is 0. The molecule has 1 N–H and O–H groups in total. The van der Waals surface area contributed by atoms with Crippen molar-refractivity contribution in [1.29, 1.82) is 0 Å². The number of aromatic amines is 1. The molecular formula is C4H6N2O. The molecular weight excluding hydrogens is 92.1 g/mol. The van der Waals surface area contributed by atoms with Crippen molar-refractivity contribution in [3.8, 4) is 6.01 Å². The molecule has 0 atom stereocenters. The molecule has 38 valence electrons. The molecule has 3 heteroatoms. The van der Waals surface area contributed by atoms with Crippen LogP contribution in [0.5, 0.6) is 6.01 Å². The number of nitrogens with zero attached hydrogens (tertiary/aromatic N) is 1. The van der Waals surface area contributed by atoms with Gasteiger partial charge in [0.25, 0.3) is 6.01 Å². The first-order valence-electron chi connectivity index (χ1n) is 1.97. The van der Waals surface area contributed by atoms with Crippen LogP contribution in [-0.4, -0.2) is 17.1 Å². The molecule has 0 saturated heterocycles. The van der Waals surface area contributed by atoms with Crippen LogP contribution in [0, 0.1) is 0 Å². The van der Waals surface area contributed by atoms with Crippen LogP contribution in [0.25, 0.3) is 0 Å². The van der Waals surface area contributed by atoms with E-state index in [4.69, 9.17) is 0 Å². The number of hydrogen-bond acceptors (Lipinski definition) is 2. The second-order valence-corrected chi connectivity index (χ2v) is 1.10. The fourth-order valence-electron chi connectivity index (χ4n) is 0.362. The van der Waals surface area contributed by atoms with Crippen LogP contribution in [-0.2, 0) is 0 Å². The van der Waals surface area contributed by atoms with Gasteiger partial charge in [0.15, 0.2) is 0 Å². The third-order valence-corrected chi connectivity index (χ3v) is 0.666. The van der Waals surface area contributed by atoms with Gasteiger partial charge in [-0.1, -0.05) is 0 Å². The third kappa shape index (κ3) is 0.707. The number of ether oxygens (including phenoxy) is 1. The van der Waals surface area contributed by atoms with E-state index in [1.54, 1.807) is 19.5 Å². The minimum atomic E-state index is 0.556. The molecule has 0 aliphatic carbocycles. The molecule has 1 heterocycles. The number of rotatable bonds is 1. The minimum absolute atomic E-state index is 0.556. The smallest absolute Gasteiger partial charge is 0.293 e. The van der Waals surface area contributed by atoms with Crippen LogP contribution >= 0.6 is 0 Å². The molecule has 0 aliphatic rings. The first-order valence-corrected chi connectivity index (χ1v) is 1.97. The van der Waals surface area contributed by atoms with Crippen LogP contribution in [0.4, 0.5) is 0 Å². The van der Waals surface area contributed by atoms with E-state index in [-0.39, 0.29) is 0 Å². The largest absolute Gasteiger partial charge is 0.468 e. The zero-order valence-electron chi connectivity index (χ0n) is 4.01. The van der Waals surface area contributed by atoms with Gasteiger partial charge in [0, 0.05) is 12.4 Å². The van der Waals surface area contributed by atoms with Crippen molar-refractivity contribution in [3.63, 3.8) is 0 Å². The fraction of sp³-hybridized carbons (Fsp3) is 0.250. The summed E-state index contributed by atoms with van der Waals surface area (Å²) in [5.41, 5.74) is 0. The first-order chi connectivity index (χ1) is 3.43. The van der Waals surface area contributed by atoms with E-state index in [9.17, 15) is 0 Å². The third-order valence-electron chi connectivity index (χ3n) is 0.666. The molecule has 1 rings (SSSR count). The molecule has 0 fully saturated rings. The Balaban J connectivity index is 2.76. The highest BCUT2D eigenvalue weighted by molar-refractivity contribution is 4.91. The average molecular weight is 98.1 g/mol. The lowest BCUT2D eigenvalue weighted by atomic mass is 11.0. The van der Waals surface area contributed by atoms with Crippen LogP contribution in [0.2, 0.25) is 0 Å². The maximum atomic E-state index is 4.69. The van der Waals surface area contributed by atoms with Gasteiger partial charge in [-0.3, -0.25) is 0 Å². The Hall–Kier alpha value is -0.990. The molecule has 0 radical (unpaired) electrons. The first kappa shape index (κ1) is 4.18. The summed E-state index contributed by atoms with van der Waals surface area (Å²) in [5.74, 6) is 0. The average Bonchev–Trinajstić information content (AvgIpc) is 2.14. The van der Waals surface area contributed by atoms with Gasteiger partial charge in [-0.05, 0) is 0 Å². The highest BCUT2D eigenvalue weighted by Gasteiger charge is 1.83. The van der Waals surface area contributed by atoms with Crippen LogP contribution in [0.15, 0.2) is 12.4 Å². The summed E-state index contributed by atoms with van der Waals surface area (Å²) in [6.07, 6.45) is 3.34. The SMILES string of the molecule is COc1ncc[nH]1. The summed E-state index contributed by atoms with van der Waals surface area (Å²) in [6, 6.07) is 0.556. The zero-order chi connectivity index (χ0) is 5.11. The van der Waals surface area contributed by atoms with Gasteiger partial charge in [0.2, 0.25) is 0 Å². The highest BCUT2D eigenvalue weighted by Crippen LogP contribution is 1.93. The van der Waals surface area contributed by atoms with Gasteiger partial charge >= 0.3 is 0 Å². The number of H-pyrrole nitrogens is 1. The normalized spacial score (nSPS) is 8.71. The van der Waals surface area contributed by atoms with E-state index in [0.29, 0.717) is 6.01 Å². The zero-order valence-corrected chi connectivity index (χ0v) is 4.01. The topological polar surface area (TPSA) is 37.9 Å². The molecule has 3 nitrogen and oxygen atoms in total. The number of hydrogen-bond donors (Lipinski definition) is 1. The summed E-state index contributed by atoms with van der Waals surface area (Å²) in [7, 11) is 1.57. The Labute approximate surface area is 41.3 Å². The minimum Gasteiger partial charge on any atom is -0.468 e. The number of methoxy groups -OCH3 is 1. The molecule has 0 saturated carbocycles. The maximum absolute atomic E-state index is 4.69. The molecule has 0 aromatic carbocycles. The van der Waals surface area contributed by atoms with Crippen molar-refractivity contribution in [3.05, 3.63) is 12.4 Å². The predicted molar refractivity (Wildman–Crippen MR) is 25.1 cm³/mol. The van der Waals surface area contributed by atoms with Crippen molar-refractivity contribution in [2.75, 3.05) is 7.11 Å². The van der Waals surface area contributed by atoms with E-state index >= 15 is 0 Å². The molecule has 0 bridgehead atoms. The second-order valence-electron chi connectivity index (χ2n) is 1.10. The van der Waals surface area contributed by atoms with E-state index < -0.39 is 0 Å². The van der Waals surface area contributed by atoms with Crippen LogP contribution in [0.3, 0.4) is 0 Å². The molecule has 1 aromatic rings. The quantitative estimate of drug-likeness (QED) is 0.552. The van der Waals surface area contributed by atoms with Gasteiger partial charge in [-0.25, -0.2) is 4.98 Å². The molecule has 7 heavy (non-hydrogen) atoms. The van der Waals surface area contributed by atoms with E-state index in [2.05, 4.69) is 14.7 Å². The molecule has 1 aromatic heterocycles. The van der Waals surface area contributed by atoms with Gasteiger partial charge < -0.3 is 9.72 Å².